The van der Waals surface area contributed by atoms with Gasteiger partial charge in [-0.3, -0.25) is 9.59 Å². The molecule has 3 N–H and O–H groups in total. The Labute approximate surface area is 185 Å². The number of ether oxygens (including phenoxy) is 1. The zero-order valence-electron chi connectivity index (χ0n) is 16.8. The third-order valence-corrected chi connectivity index (χ3v) is 7.89. The zero-order valence-corrected chi connectivity index (χ0v) is 18.4. The van der Waals surface area contributed by atoms with Crippen LogP contribution in [0, 0.1) is 23.6 Å². The van der Waals surface area contributed by atoms with Crippen LogP contribution in [0.2, 0.25) is 5.02 Å². The molecule has 3 unspecified atom stereocenters. The van der Waals surface area contributed by atoms with Crippen LogP contribution < -0.4 is 20.7 Å². The van der Waals surface area contributed by atoms with Gasteiger partial charge in [0, 0.05) is 36.4 Å². The van der Waals surface area contributed by atoms with Crippen molar-refractivity contribution in [3.8, 4) is 5.75 Å². The van der Waals surface area contributed by atoms with E-state index in [0.717, 1.165) is 25.5 Å². The molecule has 5 rings (SSSR count). The highest BCUT2D eigenvalue weighted by Crippen LogP contribution is 2.49. The minimum absolute atomic E-state index is 0.00896. The van der Waals surface area contributed by atoms with Gasteiger partial charge < -0.3 is 20.7 Å². The molecular formula is C21H27ClFN3O3S. The van der Waals surface area contributed by atoms with E-state index in [0.29, 0.717) is 30.1 Å². The molecule has 4 atom stereocenters. The number of benzene rings is 1. The molecule has 9 heteroatoms. The van der Waals surface area contributed by atoms with Gasteiger partial charge in [0.25, 0.3) is 5.91 Å². The molecule has 30 heavy (non-hydrogen) atoms. The third kappa shape index (κ3) is 5.03. The highest BCUT2D eigenvalue weighted by Gasteiger charge is 2.49. The topological polar surface area (TPSA) is 79.5 Å². The second-order valence-electron chi connectivity index (χ2n) is 8.46. The van der Waals surface area contributed by atoms with E-state index >= 15 is 0 Å². The molecule has 3 aliphatic carbocycles. The highest BCUT2D eigenvalue weighted by atomic mass is 35.5. The molecule has 4 aliphatic rings. The van der Waals surface area contributed by atoms with Crippen molar-refractivity contribution < 1.29 is 18.7 Å². The molecule has 0 radical (unpaired) electrons. The van der Waals surface area contributed by atoms with Crippen LogP contribution in [-0.2, 0) is 9.59 Å². The van der Waals surface area contributed by atoms with Crippen LogP contribution in [0.5, 0.6) is 5.75 Å². The molecule has 164 valence electrons. The maximum absolute atomic E-state index is 13.5. The maximum atomic E-state index is 13.5. The Bertz CT molecular complexity index is 808. The van der Waals surface area contributed by atoms with Crippen molar-refractivity contribution in [1.29, 1.82) is 0 Å². The van der Waals surface area contributed by atoms with Crippen molar-refractivity contribution in [2.75, 3.05) is 19.7 Å². The van der Waals surface area contributed by atoms with E-state index in [9.17, 15) is 14.0 Å². The average molecular weight is 456 g/mol. The molecule has 2 bridgehead atoms. The first-order valence-electron chi connectivity index (χ1n) is 10.4. The fraction of sp³-hybridized carbons (Fsp3) is 0.619. The summed E-state index contributed by atoms with van der Waals surface area (Å²) in [5.74, 6) is 0.271. The first kappa shape index (κ1) is 21.7. The zero-order chi connectivity index (χ0) is 21.3. The SMILES string of the molecule is CC1CNC(CNC(=O)C2C[C@H](NC(=O)COc3ccc(Cl)c(F)c3)C3CC2C3)S1. The van der Waals surface area contributed by atoms with Gasteiger partial charge in [0.1, 0.15) is 11.6 Å². The van der Waals surface area contributed by atoms with E-state index in [4.69, 9.17) is 16.3 Å². The number of carbonyl (C=O) groups excluding carboxylic acids is 2. The summed E-state index contributed by atoms with van der Waals surface area (Å²) in [6, 6.07) is 4.05. The molecule has 0 aromatic heterocycles. The van der Waals surface area contributed by atoms with Crippen molar-refractivity contribution in [3.05, 3.63) is 29.0 Å². The molecule has 3 saturated carbocycles. The number of halogens is 2. The summed E-state index contributed by atoms with van der Waals surface area (Å²) in [5, 5.41) is 10.4. The number of hydrogen-bond acceptors (Lipinski definition) is 5. The van der Waals surface area contributed by atoms with E-state index in [1.165, 1.54) is 12.1 Å². The van der Waals surface area contributed by atoms with Crippen molar-refractivity contribution >= 4 is 35.2 Å². The van der Waals surface area contributed by atoms with Gasteiger partial charge in [-0.2, -0.15) is 0 Å². The summed E-state index contributed by atoms with van der Waals surface area (Å²) in [6.45, 7) is 3.57. The van der Waals surface area contributed by atoms with Crippen molar-refractivity contribution in [2.45, 2.75) is 42.9 Å². The van der Waals surface area contributed by atoms with Gasteiger partial charge >= 0.3 is 0 Å². The molecule has 1 aliphatic heterocycles. The van der Waals surface area contributed by atoms with Gasteiger partial charge in [-0.15, -0.1) is 11.8 Å². The number of fused-ring (bicyclic) bond motifs is 2. The number of hydrogen-bond donors (Lipinski definition) is 3. The van der Waals surface area contributed by atoms with Crippen molar-refractivity contribution in [1.82, 2.24) is 16.0 Å². The van der Waals surface area contributed by atoms with Crippen LogP contribution in [0.4, 0.5) is 4.39 Å². The number of carbonyl (C=O) groups is 2. The number of nitrogens with one attached hydrogen (secondary N) is 3. The van der Waals surface area contributed by atoms with Crippen molar-refractivity contribution in [2.24, 2.45) is 17.8 Å². The Kier molecular flexibility index (Phi) is 6.75. The van der Waals surface area contributed by atoms with Gasteiger partial charge in [0.15, 0.2) is 6.61 Å². The fourth-order valence-electron chi connectivity index (χ4n) is 4.60. The largest absolute Gasteiger partial charge is 0.484 e. The number of rotatable bonds is 7. The van der Waals surface area contributed by atoms with E-state index in [2.05, 4.69) is 22.9 Å². The van der Waals surface area contributed by atoms with Crippen LogP contribution >= 0.6 is 23.4 Å². The average Bonchev–Trinajstić information content (AvgIpc) is 3.11. The predicted molar refractivity (Wildman–Crippen MR) is 115 cm³/mol. The van der Waals surface area contributed by atoms with Crippen LogP contribution in [0.25, 0.3) is 0 Å². The summed E-state index contributed by atoms with van der Waals surface area (Å²) in [5.41, 5.74) is 0. The van der Waals surface area contributed by atoms with Gasteiger partial charge in [-0.25, -0.2) is 4.39 Å². The van der Waals surface area contributed by atoms with E-state index in [1.807, 2.05) is 11.8 Å². The van der Waals surface area contributed by atoms with Crippen molar-refractivity contribution in [3.63, 3.8) is 0 Å². The van der Waals surface area contributed by atoms with E-state index in [1.54, 1.807) is 0 Å². The molecular weight excluding hydrogens is 429 g/mol. The molecule has 4 fully saturated rings. The molecule has 1 aromatic rings. The fourth-order valence-corrected chi connectivity index (χ4v) is 5.85. The third-order valence-electron chi connectivity index (χ3n) is 6.29. The van der Waals surface area contributed by atoms with Gasteiger partial charge in [-0.05, 0) is 43.2 Å². The molecule has 1 heterocycles. The Morgan fingerprint density at radius 3 is 2.80 bits per heavy atom. The van der Waals surface area contributed by atoms with Gasteiger partial charge in [0.05, 0.1) is 10.4 Å². The molecule has 2 amide bonds. The lowest BCUT2D eigenvalue weighted by Crippen LogP contribution is -2.57. The quantitative estimate of drug-likeness (QED) is 0.589. The van der Waals surface area contributed by atoms with E-state index in [-0.39, 0.29) is 46.5 Å². The molecule has 0 spiro atoms. The van der Waals surface area contributed by atoms with Gasteiger partial charge in [0.2, 0.25) is 5.91 Å². The lowest BCUT2D eigenvalue weighted by molar-refractivity contribution is -0.136. The Morgan fingerprint density at radius 2 is 2.10 bits per heavy atom. The second-order valence-corrected chi connectivity index (χ2v) is 10.5. The summed E-state index contributed by atoms with van der Waals surface area (Å²) in [6.07, 6.45) is 2.60. The first-order valence-corrected chi connectivity index (χ1v) is 11.7. The number of thioether (sulfide) groups is 1. The normalized spacial score (nSPS) is 32.2. The van der Waals surface area contributed by atoms with Crippen LogP contribution in [0.1, 0.15) is 26.2 Å². The maximum Gasteiger partial charge on any atom is 0.258 e. The number of amides is 2. The van der Waals surface area contributed by atoms with Crippen LogP contribution in [0.3, 0.4) is 0 Å². The molecule has 1 aromatic carbocycles. The van der Waals surface area contributed by atoms with Gasteiger partial charge in [-0.1, -0.05) is 18.5 Å². The van der Waals surface area contributed by atoms with Crippen LogP contribution in [0.15, 0.2) is 18.2 Å². The van der Waals surface area contributed by atoms with E-state index < -0.39 is 5.82 Å². The Hall–Kier alpha value is -1.51. The molecule has 1 saturated heterocycles. The Balaban J connectivity index is 1.24. The minimum Gasteiger partial charge on any atom is -0.484 e. The highest BCUT2D eigenvalue weighted by molar-refractivity contribution is 8.00. The summed E-state index contributed by atoms with van der Waals surface area (Å²) in [4.78, 5) is 25.1. The summed E-state index contributed by atoms with van der Waals surface area (Å²) in [7, 11) is 0. The first-order chi connectivity index (χ1) is 14.4. The Morgan fingerprint density at radius 1 is 1.30 bits per heavy atom. The monoisotopic (exact) mass is 455 g/mol. The van der Waals surface area contributed by atoms with Crippen LogP contribution in [-0.4, -0.2) is 48.2 Å². The summed E-state index contributed by atoms with van der Waals surface area (Å²) < 4.78 is 18.8. The lowest BCUT2D eigenvalue weighted by atomic mass is 9.57. The smallest absolute Gasteiger partial charge is 0.258 e. The lowest BCUT2D eigenvalue weighted by Gasteiger charge is -2.50. The standard InChI is InChI=1S/C21H27ClFN3O3S/c1-11-8-24-20(30-11)9-25-21(28)15-7-18(13-4-12(15)5-13)26-19(27)10-29-14-2-3-16(22)17(23)6-14/h2-3,6,11-13,15,18,20,24H,4-5,7-10H2,1H3,(H,25,28)(H,26,27)/t11?,12?,13?,15?,18-,20?/m0/s1. The predicted octanol–water partition coefficient (Wildman–Crippen LogP) is 2.56. The summed E-state index contributed by atoms with van der Waals surface area (Å²) >= 11 is 7.50. The molecule has 6 nitrogen and oxygen atoms in total. The second kappa shape index (κ2) is 9.32. The minimum atomic E-state index is -0.586.